The van der Waals surface area contributed by atoms with E-state index in [9.17, 15) is 0 Å². The van der Waals surface area contributed by atoms with Crippen LogP contribution in [0.25, 0.3) is 10.4 Å². The molecule has 0 aromatic carbocycles. The minimum atomic E-state index is 0.242. The van der Waals surface area contributed by atoms with E-state index >= 15 is 0 Å². The molecule has 72 valence electrons. The quantitative estimate of drug-likeness (QED) is 0.365. The van der Waals surface area contributed by atoms with Gasteiger partial charge >= 0.3 is 0 Å². The largest absolute Gasteiger partial charge is 0.297 e. The molecule has 2 rings (SSSR count). The molecule has 4 heteroatoms. The second-order valence-corrected chi connectivity index (χ2v) is 4.47. The third-order valence-corrected chi connectivity index (χ3v) is 3.43. The van der Waals surface area contributed by atoms with E-state index < -0.39 is 0 Å². The lowest BCUT2D eigenvalue weighted by atomic mass is 9.91. The maximum Gasteiger partial charge on any atom is 0.0443 e. The SMILES string of the molecule is CC1CN2CCCC2(CN=[N+]=[N-])C1. The Labute approximate surface area is 78.5 Å². The molecule has 0 bridgehead atoms. The first-order valence-corrected chi connectivity index (χ1v) is 5.03. The average molecular weight is 180 g/mol. The molecule has 0 amide bonds. The van der Waals surface area contributed by atoms with Gasteiger partial charge in [0.15, 0.2) is 0 Å². The van der Waals surface area contributed by atoms with E-state index in [1.807, 2.05) is 0 Å². The third-order valence-electron chi connectivity index (χ3n) is 3.43. The molecule has 0 radical (unpaired) electrons. The van der Waals surface area contributed by atoms with Crippen molar-refractivity contribution < 1.29 is 0 Å². The van der Waals surface area contributed by atoms with Crippen LogP contribution < -0.4 is 0 Å². The van der Waals surface area contributed by atoms with Crippen LogP contribution >= 0.6 is 0 Å². The molecule has 2 atom stereocenters. The molecule has 2 saturated heterocycles. The Balaban J connectivity index is 2.13. The van der Waals surface area contributed by atoms with Gasteiger partial charge in [-0.15, -0.1) is 0 Å². The Hall–Kier alpha value is -0.730. The van der Waals surface area contributed by atoms with Crippen LogP contribution in [-0.2, 0) is 0 Å². The van der Waals surface area contributed by atoms with Gasteiger partial charge < -0.3 is 0 Å². The van der Waals surface area contributed by atoms with Crippen molar-refractivity contribution in [2.24, 2.45) is 11.0 Å². The van der Waals surface area contributed by atoms with Crippen LogP contribution in [0.2, 0.25) is 0 Å². The van der Waals surface area contributed by atoms with Crippen LogP contribution in [0.15, 0.2) is 5.11 Å². The second-order valence-electron chi connectivity index (χ2n) is 4.47. The molecule has 0 aliphatic carbocycles. The molecule has 0 spiro atoms. The highest BCUT2D eigenvalue weighted by molar-refractivity contribution is 5.03. The number of fused-ring (bicyclic) bond motifs is 1. The van der Waals surface area contributed by atoms with Crippen molar-refractivity contribution in [3.8, 4) is 0 Å². The van der Waals surface area contributed by atoms with Crippen LogP contribution in [-0.4, -0.2) is 30.1 Å². The van der Waals surface area contributed by atoms with Crippen molar-refractivity contribution in [1.29, 1.82) is 0 Å². The fourth-order valence-corrected chi connectivity index (χ4v) is 3.01. The van der Waals surface area contributed by atoms with E-state index in [2.05, 4.69) is 21.8 Å². The molecule has 2 fully saturated rings. The van der Waals surface area contributed by atoms with Crippen molar-refractivity contribution in [2.75, 3.05) is 19.6 Å². The molecule has 2 aliphatic rings. The van der Waals surface area contributed by atoms with Crippen molar-refractivity contribution in [3.05, 3.63) is 10.4 Å². The number of nitrogens with zero attached hydrogens (tertiary/aromatic N) is 4. The summed E-state index contributed by atoms with van der Waals surface area (Å²) in [5.41, 5.74) is 8.59. The van der Waals surface area contributed by atoms with Crippen molar-refractivity contribution in [3.63, 3.8) is 0 Å². The standard InChI is InChI=1S/C9H16N4/c1-8-5-9(7-11-12-10)3-2-4-13(9)6-8/h8H,2-7H2,1H3. The van der Waals surface area contributed by atoms with Gasteiger partial charge in [0.05, 0.1) is 0 Å². The smallest absolute Gasteiger partial charge is 0.0443 e. The van der Waals surface area contributed by atoms with Gasteiger partial charge in [-0.05, 0) is 37.3 Å². The summed E-state index contributed by atoms with van der Waals surface area (Å²) in [5.74, 6) is 0.772. The van der Waals surface area contributed by atoms with Gasteiger partial charge in [0, 0.05) is 23.5 Å². The fourth-order valence-electron chi connectivity index (χ4n) is 3.01. The normalized spacial score (nSPS) is 38.7. The van der Waals surface area contributed by atoms with E-state index in [-0.39, 0.29) is 5.54 Å². The second kappa shape index (κ2) is 3.20. The summed E-state index contributed by atoms with van der Waals surface area (Å²) in [4.78, 5) is 5.40. The number of azide groups is 1. The third kappa shape index (κ3) is 1.40. The summed E-state index contributed by atoms with van der Waals surface area (Å²) < 4.78 is 0. The molecule has 0 aromatic heterocycles. The lowest BCUT2D eigenvalue weighted by Crippen LogP contribution is -2.40. The van der Waals surface area contributed by atoms with Crippen molar-refractivity contribution >= 4 is 0 Å². The molecule has 0 N–H and O–H groups in total. The maximum absolute atomic E-state index is 8.35. The molecule has 0 aromatic rings. The van der Waals surface area contributed by atoms with Crippen molar-refractivity contribution in [1.82, 2.24) is 4.90 Å². The zero-order valence-electron chi connectivity index (χ0n) is 8.11. The lowest BCUT2D eigenvalue weighted by Gasteiger charge is -2.30. The monoisotopic (exact) mass is 180 g/mol. The van der Waals surface area contributed by atoms with Crippen molar-refractivity contribution in [2.45, 2.75) is 31.7 Å². The van der Waals surface area contributed by atoms with E-state index in [4.69, 9.17) is 5.53 Å². The number of rotatable bonds is 2. The minimum Gasteiger partial charge on any atom is -0.297 e. The summed E-state index contributed by atoms with van der Waals surface area (Å²) in [6.07, 6.45) is 3.70. The number of hydrogen-bond acceptors (Lipinski definition) is 2. The minimum absolute atomic E-state index is 0.242. The van der Waals surface area contributed by atoms with Gasteiger partial charge in [-0.1, -0.05) is 12.0 Å². The highest BCUT2D eigenvalue weighted by Gasteiger charge is 2.46. The lowest BCUT2D eigenvalue weighted by molar-refractivity contribution is 0.204. The number of hydrogen-bond donors (Lipinski definition) is 0. The first kappa shape index (κ1) is 8.85. The van der Waals surface area contributed by atoms with Gasteiger partial charge in [0.1, 0.15) is 0 Å². The van der Waals surface area contributed by atoms with E-state index in [0.717, 1.165) is 5.92 Å². The maximum atomic E-state index is 8.35. The highest BCUT2D eigenvalue weighted by Crippen LogP contribution is 2.41. The molecule has 2 heterocycles. The van der Waals surface area contributed by atoms with Gasteiger partial charge in [-0.2, -0.15) is 0 Å². The van der Waals surface area contributed by atoms with Crippen LogP contribution in [0.4, 0.5) is 0 Å². The fraction of sp³-hybridized carbons (Fsp3) is 1.00. The van der Waals surface area contributed by atoms with Crippen LogP contribution in [0.5, 0.6) is 0 Å². The highest BCUT2D eigenvalue weighted by atomic mass is 15.3. The topological polar surface area (TPSA) is 52.0 Å². The molecule has 2 unspecified atom stereocenters. The Morgan fingerprint density at radius 2 is 2.54 bits per heavy atom. The molecular formula is C9H16N4. The Kier molecular flexibility index (Phi) is 2.18. The Morgan fingerprint density at radius 1 is 1.69 bits per heavy atom. The summed E-state index contributed by atoms with van der Waals surface area (Å²) in [5, 5.41) is 3.76. The van der Waals surface area contributed by atoms with Gasteiger partial charge in [0.25, 0.3) is 0 Å². The van der Waals surface area contributed by atoms with E-state index in [1.165, 1.54) is 32.4 Å². The molecular weight excluding hydrogens is 164 g/mol. The zero-order valence-corrected chi connectivity index (χ0v) is 8.11. The van der Waals surface area contributed by atoms with Gasteiger partial charge in [-0.25, -0.2) is 0 Å². The Bertz CT molecular complexity index is 246. The summed E-state index contributed by atoms with van der Waals surface area (Å²) in [6.45, 7) is 5.36. The van der Waals surface area contributed by atoms with Crippen LogP contribution in [0.3, 0.4) is 0 Å². The summed E-state index contributed by atoms with van der Waals surface area (Å²) >= 11 is 0. The van der Waals surface area contributed by atoms with E-state index in [1.54, 1.807) is 0 Å². The van der Waals surface area contributed by atoms with Gasteiger partial charge in [0.2, 0.25) is 0 Å². The summed E-state index contributed by atoms with van der Waals surface area (Å²) in [7, 11) is 0. The first-order chi connectivity index (χ1) is 6.27. The predicted molar refractivity (Wildman–Crippen MR) is 51.3 cm³/mol. The summed E-state index contributed by atoms with van der Waals surface area (Å²) in [6, 6.07) is 0. The van der Waals surface area contributed by atoms with Crippen LogP contribution in [0.1, 0.15) is 26.2 Å². The van der Waals surface area contributed by atoms with E-state index in [0.29, 0.717) is 6.54 Å². The molecule has 0 saturated carbocycles. The zero-order chi connectivity index (χ0) is 9.31. The van der Waals surface area contributed by atoms with Crippen LogP contribution in [0, 0.1) is 5.92 Å². The molecule has 13 heavy (non-hydrogen) atoms. The average Bonchev–Trinajstić information content (AvgIpc) is 2.57. The molecule has 2 aliphatic heterocycles. The Morgan fingerprint density at radius 3 is 3.31 bits per heavy atom. The molecule has 4 nitrogen and oxygen atoms in total. The first-order valence-electron chi connectivity index (χ1n) is 5.03. The van der Waals surface area contributed by atoms with Gasteiger partial charge in [-0.3, -0.25) is 4.90 Å². The predicted octanol–water partition coefficient (Wildman–Crippen LogP) is 2.17.